The molecule has 0 N–H and O–H groups in total. The Bertz CT molecular complexity index is 350. The van der Waals surface area contributed by atoms with Gasteiger partial charge in [-0.2, -0.15) is 0 Å². The molecule has 1 fully saturated rings. The van der Waals surface area contributed by atoms with E-state index in [9.17, 15) is 9.59 Å². The van der Waals surface area contributed by atoms with E-state index in [4.69, 9.17) is 0 Å². The van der Waals surface area contributed by atoms with Crippen LogP contribution in [0.3, 0.4) is 0 Å². The largest absolute Gasteiger partial charge is 0.393 e. The Morgan fingerprint density at radius 2 is 2.31 bits per heavy atom. The summed E-state index contributed by atoms with van der Waals surface area (Å²) in [5, 5.41) is 0. The van der Waals surface area contributed by atoms with Gasteiger partial charge < -0.3 is 4.74 Å². The van der Waals surface area contributed by atoms with Crippen LogP contribution in [-0.2, 0) is 14.3 Å². The van der Waals surface area contributed by atoms with Crippen molar-refractivity contribution >= 4 is 11.9 Å². The fourth-order valence-corrected chi connectivity index (χ4v) is 1.21. The predicted octanol–water partition coefficient (Wildman–Crippen LogP) is 0.0337. The molecule has 1 saturated heterocycles. The maximum absolute atomic E-state index is 11.1. The number of esters is 2. The number of aromatic nitrogens is 2. The average molecular weight is 178 g/mol. The Balaban J connectivity index is 2.28. The summed E-state index contributed by atoms with van der Waals surface area (Å²) in [7, 11) is 0. The molecule has 66 valence electrons. The molecule has 2 rings (SSSR count). The molecule has 1 atom stereocenters. The first-order chi connectivity index (χ1) is 6.27. The summed E-state index contributed by atoms with van der Waals surface area (Å²) in [4.78, 5) is 29.4. The summed E-state index contributed by atoms with van der Waals surface area (Å²) in [6, 6.07) is 1.60. The van der Waals surface area contributed by atoms with E-state index in [2.05, 4.69) is 14.7 Å². The minimum Gasteiger partial charge on any atom is -0.393 e. The van der Waals surface area contributed by atoms with Gasteiger partial charge in [0.05, 0.1) is 12.1 Å². The number of hydrogen-bond acceptors (Lipinski definition) is 5. The number of carbonyl (C=O) groups excluding carboxylic acids is 2. The third kappa shape index (κ3) is 1.40. The summed E-state index contributed by atoms with van der Waals surface area (Å²) in [5.41, 5.74) is 0.533. The molecule has 2 heterocycles. The summed E-state index contributed by atoms with van der Waals surface area (Å²) in [6.07, 6.45) is 2.94. The molecule has 0 amide bonds. The van der Waals surface area contributed by atoms with Gasteiger partial charge >= 0.3 is 11.9 Å². The average Bonchev–Trinajstić information content (AvgIpc) is 2.47. The normalized spacial score (nSPS) is 21.7. The Morgan fingerprint density at radius 3 is 2.85 bits per heavy atom. The zero-order valence-electron chi connectivity index (χ0n) is 6.64. The van der Waals surface area contributed by atoms with Crippen molar-refractivity contribution in [1.82, 2.24) is 9.97 Å². The van der Waals surface area contributed by atoms with E-state index in [1.165, 1.54) is 12.5 Å². The monoisotopic (exact) mass is 178 g/mol. The number of rotatable bonds is 1. The molecule has 1 unspecified atom stereocenters. The zero-order valence-corrected chi connectivity index (χ0v) is 6.64. The molecule has 1 aliphatic rings. The van der Waals surface area contributed by atoms with E-state index in [1.54, 1.807) is 6.07 Å². The molecule has 0 saturated carbocycles. The molecular weight excluding hydrogens is 172 g/mol. The highest BCUT2D eigenvalue weighted by molar-refractivity contribution is 5.97. The van der Waals surface area contributed by atoms with Crippen molar-refractivity contribution in [2.45, 2.75) is 12.3 Å². The third-order valence-corrected chi connectivity index (χ3v) is 1.83. The molecule has 13 heavy (non-hydrogen) atoms. The third-order valence-electron chi connectivity index (χ3n) is 1.83. The Hall–Kier alpha value is -1.78. The minimum atomic E-state index is -0.546. The van der Waals surface area contributed by atoms with E-state index >= 15 is 0 Å². The van der Waals surface area contributed by atoms with Gasteiger partial charge in [0, 0.05) is 6.20 Å². The van der Waals surface area contributed by atoms with E-state index in [1.807, 2.05) is 0 Å². The van der Waals surface area contributed by atoms with Crippen LogP contribution in [0.2, 0.25) is 0 Å². The van der Waals surface area contributed by atoms with Gasteiger partial charge in [0.1, 0.15) is 12.2 Å². The molecule has 0 bridgehead atoms. The molecule has 1 aromatic rings. The highest BCUT2D eigenvalue weighted by Gasteiger charge is 2.35. The molecule has 0 aromatic carbocycles. The van der Waals surface area contributed by atoms with Crippen molar-refractivity contribution in [2.24, 2.45) is 0 Å². The maximum Gasteiger partial charge on any atom is 0.323 e. The highest BCUT2D eigenvalue weighted by Crippen LogP contribution is 2.24. The quantitative estimate of drug-likeness (QED) is 0.448. The van der Waals surface area contributed by atoms with Crippen molar-refractivity contribution in [1.29, 1.82) is 0 Å². The second-order valence-electron chi connectivity index (χ2n) is 2.68. The fourth-order valence-electron chi connectivity index (χ4n) is 1.21. The molecule has 5 heteroatoms. The van der Waals surface area contributed by atoms with Crippen LogP contribution >= 0.6 is 0 Å². The lowest BCUT2D eigenvalue weighted by atomic mass is 10.0. The zero-order chi connectivity index (χ0) is 9.26. The lowest BCUT2D eigenvalue weighted by Crippen LogP contribution is -2.07. The van der Waals surface area contributed by atoms with Gasteiger partial charge in [-0.3, -0.25) is 9.59 Å². The second kappa shape index (κ2) is 2.93. The lowest BCUT2D eigenvalue weighted by Gasteiger charge is -2.00. The predicted molar refractivity (Wildman–Crippen MR) is 40.5 cm³/mol. The van der Waals surface area contributed by atoms with Gasteiger partial charge in [-0.05, 0) is 6.07 Å². The molecule has 1 aromatic heterocycles. The lowest BCUT2D eigenvalue weighted by molar-refractivity contribution is -0.152. The Morgan fingerprint density at radius 1 is 1.46 bits per heavy atom. The fraction of sp³-hybridized carbons (Fsp3) is 0.250. The van der Waals surface area contributed by atoms with Gasteiger partial charge in [-0.15, -0.1) is 0 Å². The standard InChI is InChI=1S/C8H6N2O3/c11-7-3-5(8(12)13-7)6-1-2-9-4-10-6/h1-2,4-5H,3H2. The van der Waals surface area contributed by atoms with Gasteiger partial charge in [0.2, 0.25) is 0 Å². The highest BCUT2D eigenvalue weighted by atomic mass is 16.6. The Labute approximate surface area is 73.8 Å². The first-order valence-corrected chi connectivity index (χ1v) is 3.78. The van der Waals surface area contributed by atoms with E-state index in [0.717, 1.165) is 0 Å². The Kier molecular flexibility index (Phi) is 1.77. The number of carbonyl (C=O) groups is 2. The van der Waals surface area contributed by atoms with Crippen molar-refractivity contribution in [2.75, 3.05) is 0 Å². The first-order valence-electron chi connectivity index (χ1n) is 3.78. The van der Waals surface area contributed by atoms with E-state index < -0.39 is 17.9 Å². The van der Waals surface area contributed by atoms with Crippen LogP contribution in [0.15, 0.2) is 18.6 Å². The number of ether oxygens (including phenoxy) is 1. The van der Waals surface area contributed by atoms with Crippen LogP contribution in [0.25, 0.3) is 0 Å². The summed E-state index contributed by atoms with van der Waals surface area (Å²) in [5.74, 6) is -1.56. The number of nitrogens with zero attached hydrogens (tertiary/aromatic N) is 2. The smallest absolute Gasteiger partial charge is 0.323 e. The summed E-state index contributed by atoms with van der Waals surface area (Å²) >= 11 is 0. The van der Waals surface area contributed by atoms with Crippen molar-refractivity contribution in [3.05, 3.63) is 24.3 Å². The molecular formula is C8H6N2O3. The van der Waals surface area contributed by atoms with Crippen molar-refractivity contribution < 1.29 is 14.3 Å². The molecule has 0 spiro atoms. The van der Waals surface area contributed by atoms with Crippen LogP contribution in [0.5, 0.6) is 0 Å². The van der Waals surface area contributed by atoms with Crippen LogP contribution in [0.1, 0.15) is 18.0 Å². The van der Waals surface area contributed by atoms with E-state index in [-0.39, 0.29) is 6.42 Å². The number of hydrogen-bond donors (Lipinski definition) is 0. The van der Waals surface area contributed by atoms with Crippen LogP contribution in [-0.4, -0.2) is 21.9 Å². The molecule has 1 aliphatic heterocycles. The maximum atomic E-state index is 11.1. The summed E-state index contributed by atoms with van der Waals surface area (Å²) < 4.78 is 4.39. The molecule has 0 radical (unpaired) electrons. The van der Waals surface area contributed by atoms with Crippen molar-refractivity contribution in [3.8, 4) is 0 Å². The van der Waals surface area contributed by atoms with Gasteiger partial charge in [-0.1, -0.05) is 0 Å². The van der Waals surface area contributed by atoms with Gasteiger partial charge in [0.15, 0.2) is 0 Å². The van der Waals surface area contributed by atoms with E-state index in [0.29, 0.717) is 5.69 Å². The molecule has 5 nitrogen and oxygen atoms in total. The van der Waals surface area contributed by atoms with Crippen LogP contribution in [0, 0.1) is 0 Å². The first kappa shape index (κ1) is 7.85. The van der Waals surface area contributed by atoms with Gasteiger partial charge in [0.25, 0.3) is 0 Å². The van der Waals surface area contributed by atoms with Gasteiger partial charge in [-0.25, -0.2) is 9.97 Å². The minimum absolute atomic E-state index is 0.0792. The molecule has 0 aliphatic carbocycles. The van der Waals surface area contributed by atoms with Crippen LogP contribution in [0.4, 0.5) is 0 Å². The van der Waals surface area contributed by atoms with Crippen LogP contribution < -0.4 is 0 Å². The SMILES string of the molecule is O=C1CC(c2ccncn2)C(=O)O1. The topological polar surface area (TPSA) is 69.2 Å². The second-order valence-corrected chi connectivity index (χ2v) is 2.68. The number of cyclic esters (lactones) is 2. The summed E-state index contributed by atoms with van der Waals surface area (Å²) in [6.45, 7) is 0. The van der Waals surface area contributed by atoms with Crippen molar-refractivity contribution in [3.63, 3.8) is 0 Å².